The number of ether oxygens (including phenoxy) is 3. The number of aliphatic hydroxyl groups excluding tert-OH is 2. The summed E-state index contributed by atoms with van der Waals surface area (Å²) in [5.41, 5.74) is 4.12. The van der Waals surface area contributed by atoms with Crippen LogP contribution in [0.3, 0.4) is 0 Å². The summed E-state index contributed by atoms with van der Waals surface area (Å²) >= 11 is 0. The molecule has 0 saturated carbocycles. The summed E-state index contributed by atoms with van der Waals surface area (Å²) in [6.07, 6.45) is 1.75. The molecule has 2 aliphatic rings. The lowest BCUT2D eigenvalue weighted by molar-refractivity contribution is -0.255. The van der Waals surface area contributed by atoms with Gasteiger partial charge in [-0.3, -0.25) is 4.79 Å². The van der Waals surface area contributed by atoms with E-state index in [1.54, 1.807) is 6.92 Å². The minimum absolute atomic E-state index is 0.0675. The standard InChI is InChI=1S/C28H42O7/c1-14(2)9-8-10-15(3)19-12-11-16(4)21-20(19)13-17(5)26(24(21)30)35-28-25(31)22(27(32)33-7)23(29)18(6)34-28/h9,13,15-16,18-19,22-23,25,28-31H,8,10-12H2,1-7H3/t15-,16+,18?,19?,22?,23?,25?,28?/m1/s1. The van der Waals surface area contributed by atoms with E-state index in [4.69, 9.17) is 14.2 Å². The third kappa shape index (κ3) is 5.68. The molecule has 0 radical (unpaired) electrons. The van der Waals surface area contributed by atoms with Crippen LogP contribution >= 0.6 is 0 Å². The number of carbonyl (C=O) groups is 1. The van der Waals surface area contributed by atoms with Crippen LogP contribution in [-0.2, 0) is 14.3 Å². The first-order valence-electron chi connectivity index (χ1n) is 12.7. The van der Waals surface area contributed by atoms with Gasteiger partial charge in [0.05, 0.1) is 19.3 Å². The highest BCUT2D eigenvalue weighted by molar-refractivity contribution is 5.74. The van der Waals surface area contributed by atoms with E-state index in [0.29, 0.717) is 11.8 Å². The number of fused-ring (bicyclic) bond motifs is 1. The van der Waals surface area contributed by atoms with Gasteiger partial charge in [0, 0.05) is 5.56 Å². The van der Waals surface area contributed by atoms with Crippen molar-refractivity contribution < 1.29 is 34.3 Å². The zero-order valence-corrected chi connectivity index (χ0v) is 22.1. The SMILES string of the molecule is COC(=O)C1C(O)C(C)OC(Oc2c(C)cc3c(c2O)[C@@H](C)CCC3[C@H](C)CCC=C(C)C)C1O. The number of allylic oxidation sites excluding steroid dienone is 2. The molecule has 3 rings (SSSR count). The Hall–Kier alpha value is -2.09. The van der Waals surface area contributed by atoms with Crippen LogP contribution in [-0.4, -0.2) is 53.0 Å². The molecule has 196 valence electrons. The number of benzene rings is 1. The topological polar surface area (TPSA) is 105 Å². The lowest BCUT2D eigenvalue weighted by Crippen LogP contribution is -2.57. The molecule has 1 aliphatic carbocycles. The number of phenolic OH excluding ortho intramolecular Hbond substituents is 1. The molecule has 1 aromatic carbocycles. The molecule has 8 atom stereocenters. The zero-order valence-electron chi connectivity index (χ0n) is 22.1. The molecule has 0 aromatic heterocycles. The molecular weight excluding hydrogens is 448 g/mol. The van der Waals surface area contributed by atoms with Crippen LogP contribution in [0.15, 0.2) is 17.7 Å². The number of aliphatic hydroxyl groups is 2. The van der Waals surface area contributed by atoms with Gasteiger partial charge in [0.2, 0.25) is 6.29 Å². The smallest absolute Gasteiger partial charge is 0.314 e. The van der Waals surface area contributed by atoms with Crippen molar-refractivity contribution in [1.82, 2.24) is 0 Å². The van der Waals surface area contributed by atoms with Crippen molar-refractivity contribution in [2.24, 2.45) is 11.8 Å². The summed E-state index contributed by atoms with van der Waals surface area (Å²) in [7, 11) is 1.20. The number of aryl methyl sites for hydroxylation is 1. The molecule has 7 nitrogen and oxygen atoms in total. The molecule has 0 spiro atoms. The predicted octanol–water partition coefficient (Wildman–Crippen LogP) is 4.70. The van der Waals surface area contributed by atoms with E-state index in [2.05, 4.69) is 39.8 Å². The molecule has 35 heavy (non-hydrogen) atoms. The zero-order chi connectivity index (χ0) is 26.0. The number of aromatic hydroxyl groups is 1. The largest absolute Gasteiger partial charge is 0.504 e. The minimum Gasteiger partial charge on any atom is -0.504 e. The highest BCUT2D eigenvalue weighted by Gasteiger charge is 2.49. The van der Waals surface area contributed by atoms with Gasteiger partial charge >= 0.3 is 5.97 Å². The lowest BCUT2D eigenvalue weighted by Gasteiger charge is -2.40. The molecule has 7 heteroatoms. The molecule has 1 aromatic rings. The molecule has 1 saturated heterocycles. The van der Waals surface area contributed by atoms with E-state index in [1.165, 1.54) is 12.7 Å². The molecule has 6 unspecified atom stereocenters. The summed E-state index contributed by atoms with van der Waals surface area (Å²) in [6.45, 7) is 12.1. The molecule has 0 bridgehead atoms. The highest BCUT2D eigenvalue weighted by atomic mass is 16.7. The Morgan fingerprint density at radius 1 is 1.23 bits per heavy atom. The van der Waals surface area contributed by atoms with Gasteiger partial charge in [-0.2, -0.15) is 0 Å². The molecule has 1 aliphatic heterocycles. The van der Waals surface area contributed by atoms with Gasteiger partial charge in [-0.05, 0) is 82.3 Å². The first-order chi connectivity index (χ1) is 16.5. The number of hydrogen-bond donors (Lipinski definition) is 3. The average Bonchev–Trinajstić information content (AvgIpc) is 2.79. The van der Waals surface area contributed by atoms with E-state index >= 15 is 0 Å². The van der Waals surface area contributed by atoms with Gasteiger partial charge in [-0.15, -0.1) is 0 Å². The summed E-state index contributed by atoms with van der Waals surface area (Å²) in [5, 5.41) is 32.5. The van der Waals surface area contributed by atoms with Crippen molar-refractivity contribution >= 4 is 5.97 Å². The Morgan fingerprint density at radius 2 is 1.91 bits per heavy atom. The maximum atomic E-state index is 12.2. The summed E-state index contributed by atoms with van der Waals surface area (Å²) in [4.78, 5) is 12.2. The Kier molecular flexibility index (Phi) is 8.89. The Bertz CT molecular complexity index is 936. The molecule has 0 amide bonds. The molecule has 1 heterocycles. The second kappa shape index (κ2) is 11.3. The number of carbonyl (C=O) groups excluding carboxylic acids is 1. The van der Waals surface area contributed by atoms with Crippen molar-refractivity contribution in [1.29, 1.82) is 0 Å². The third-order valence-corrected chi connectivity index (χ3v) is 7.73. The Balaban J connectivity index is 1.91. The minimum atomic E-state index is -1.45. The quantitative estimate of drug-likeness (QED) is 0.376. The van der Waals surface area contributed by atoms with Gasteiger partial charge in [-0.1, -0.05) is 31.6 Å². The third-order valence-electron chi connectivity index (χ3n) is 7.73. The van der Waals surface area contributed by atoms with Gasteiger partial charge < -0.3 is 29.5 Å². The lowest BCUT2D eigenvalue weighted by atomic mass is 9.70. The second-order valence-electron chi connectivity index (χ2n) is 10.7. The fourth-order valence-corrected chi connectivity index (χ4v) is 5.62. The normalized spacial score (nSPS) is 31.3. The predicted molar refractivity (Wildman–Crippen MR) is 134 cm³/mol. The highest BCUT2D eigenvalue weighted by Crippen LogP contribution is 2.51. The molecule has 3 N–H and O–H groups in total. The van der Waals surface area contributed by atoms with Gasteiger partial charge in [0.25, 0.3) is 0 Å². The monoisotopic (exact) mass is 490 g/mol. The van der Waals surface area contributed by atoms with E-state index < -0.39 is 36.5 Å². The van der Waals surface area contributed by atoms with Crippen molar-refractivity contribution in [3.05, 3.63) is 34.4 Å². The van der Waals surface area contributed by atoms with Crippen LogP contribution < -0.4 is 4.74 Å². The van der Waals surface area contributed by atoms with Gasteiger partial charge in [0.15, 0.2) is 11.5 Å². The maximum Gasteiger partial charge on any atom is 0.314 e. The second-order valence-corrected chi connectivity index (χ2v) is 10.7. The van der Waals surface area contributed by atoms with Crippen molar-refractivity contribution in [2.45, 2.75) is 104 Å². The van der Waals surface area contributed by atoms with E-state index in [0.717, 1.165) is 42.4 Å². The number of esters is 1. The van der Waals surface area contributed by atoms with Crippen molar-refractivity contribution in [3.63, 3.8) is 0 Å². The van der Waals surface area contributed by atoms with E-state index in [-0.39, 0.29) is 17.4 Å². The Morgan fingerprint density at radius 3 is 2.54 bits per heavy atom. The van der Waals surface area contributed by atoms with Gasteiger partial charge in [-0.25, -0.2) is 0 Å². The fourth-order valence-electron chi connectivity index (χ4n) is 5.62. The molecular formula is C28H42O7. The number of rotatable bonds is 7. The fraction of sp³-hybridized carbons (Fsp3) is 0.679. The van der Waals surface area contributed by atoms with Crippen LogP contribution in [0.4, 0.5) is 0 Å². The van der Waals surface area contributed by atoms with E-state index in [1.807, 2.05) is 6.92 Å². The Labute approximate surface area is 209 Å². The van der Waals surface area contributed by atoms with E-state index in [9.17, 15) is 20.1 Å². The summed E-state index contributed by atoms with van der Waals surface area (Å²) in [5.74, 6) is -0.662. The maximum absolute atomic E-state index is 12.2. The summed E-state index contributed by atoms with van der Waals surface area (Å²) in [6, 6.07) is 2.09. The van der Waals surface area contributed by atoms with Gasteiger partial charge in [0.1, 0.15) is 12.0 Å². The van der Waals surface area contributed by atoms with Crippen LogP contribution in [0.25, 0.3) is 0 Å². The van der Waals surface area contributed by atoms with Crippen LogP contribution in [0.2, 0.25) is 0 Å². The van der Waals surface area contributed by atoms with Crippen molar-refractivity contribution in [2.75, 3.05) is 7.11 Å². The molecule has 1 fully saturated rings. The van der Waals surface area contributed by atoms with Crippen LogP contribution in [0, 0.1) is 18.8 Å². The first-order valence-corrected chi connectivity index (χ1v) is 12.7. The van der Waals surface area contributed by atoms with Crippen molar-refractivity contribution in [3.8, 4) is 11.5 Å². The summed E-state index contributed by atoms with van der Waals surface area (Å²) < 4.78 is 16.5. The first kappa shape index (κ1) is 27.5. The number of hydrogen-bond acceptors (Lipinski definition) is 7. The number of phenols is 1. The van der Waals surface area contributed by atoms with Crippen LogP contribution in [0.1, 0.15) is 88.8 Å². The van der Waals surface area contributed by atoms with Crippen LogP contribution in [0.5, 0.6) is 11.5 Å². The average molecular weight is 491 g/mol. The number of methoxy groups -OCH3 is 1.